The van der Waals surface area contributed by atoms with Gasteiger partial charge >= 0.3 is 5.97 Å². The van der Waals surface area contributed by atoms with E-state index in [1.165, 1.54) is 11.8 Å². The van der Waals surface area contributed by atoms with E-state index in [1.807, 2.05) is 0 Å². The van der Waals surface area contributed by atoms with Crippen LogP contribution < -0.4 is 10.6 Å². The van der Waals surface area contributed by atoms with Crippen LogP contribution in [0.15, 0.2) is 12.3 Å². The number of halogens is 1. The van der Waals surface area contributed by atoms with Gasteiger partial charge in [-0.25, -0.2) is 0 Å². The van der Waals surface area contributed by atoms with Crippen LogP contribution in [0.1, 0.15) is 19.8 Å². The summed E-state index contributed by atoms with van der Waals surface area (Å²) in [6.45, 7) is 2.97. The van der Waals surface area contributed by atoms with Gasteiger partial charge in [-0.1, -0.05) is 0 Å². The predicted octanol–water partition coefficient (Wildman–Crippen LogP) is 0.804. The van der Waals surface area contributed by atoms with Gasteiger partial charge in [-0.15, -0.1) is 12.4 Å². The molecular formula is C13H21ClN4O3. The van der Waals surface area contributed by atoms with Crippen molar-refractivity contribution in [1.82, 2.24) is 15.1 Å². The second-order valence-electron chi connectivity index (χ2n) is 5.04. The van der Waals surface area contributed by atoms with Gasteiger partial charge in [0.15, 0.2) is 5.82 Å². The van der Waals surface area contributed by atoms with E-state index in [0.717, 1.165) is 19.4 Å². The molecule has 1 aliphatic heterocycles. The Morgan fingerprint density at radius 3 is 3.00 bits per heavy atom. The van der Waals surface area contributed by atoms with Gasteiger partial charge in [-0.05, 0) is 26.3 Å². The number of piperidine rings is 1. The van der Waals surface area contributed by atoms with E-state index in [4.69, 9.17) is 0 Å². The van der Waals surface area contributed by atoms with Gasteiger partial charge in [0.25, 0.3) is 0 Å². The minimum Gasteiger partial charge on any atom is -0.468 e. The lowest BCUT2D eigenvalue weighted by Gasteiger charge is -2.26. The van der Waals surface area contributed by atoms with Crippen molar-refractivity contribution >= 4 is 30.1 Å². The molecule has 1 fully saturated rings. The number of hydrogen-bond donors (Lipinski definition) is 2. The van der Waals surface area contributed by atoms with Crippen molar-refractivity contribution in [1.29, 1.82) is 0 Å². The van der Waals surface area contributed by atoms with E-state index in [9.17, 15) is 9.59 Å². The largest absolute Gasteiger partial charge is 0.468 e. The molecule has 118 valence electrons. The van der Waals surface area contributed by atoms with Crippen molar-refractivity contribution in [3.63, 3.8) is 0 Å². The van der Waals surface area contributed by atoms with E-state index >= 15 is 0 Å². The number of hydrogen-bond acceptors (Lipinski definition) is 5. The zero-order valence-electron chi connectivity index (χ0n) is 12.2. The lowest BCUT2D eigenvalue weighted by Crippen LogP contribution is -2.40. The highest BCUT2D eigenvalue weighted by molar-refractivity contribution is 5.91. The molecule has 0 radical (unpaired) electrons. The van der Waals surface area contributed by atoms with E-state index in [0.29, 0.717) is 11.9 Å². The van der Waals surface area contributed by atoms with Crippen LogP contribution in [0.4, 0.5) is 5.82 Å². The van der Waals surface area contributed by atoms with Gasteiger partial charge in [0.1, 0.15) is 6.54 Å². The molecule has 0 aliphatic carbocycles. The molecule has 1 aromatic heterocycles. The van der Waals surface area contributed by atoms with Crippen LogP contribution in [0.25, 0.3) is 0 Å². The maximum Gasteiger partial charge on any atom is 0.327 e. The van der Waals surface area contributed by atoms with Crippen LogP contribution >= 0.6 is 12.4 Å². The highest BCUT2D eigenvalue weighted by Gasteiger charge is 2.25. The summed E-state index contributed by atoms with van der Waals surface area (Å²) in [7, 11) is 1.33. The summed E-state index contributed by atoms with van der Waals surface area (Å²) < 4.78 is 5.99. The second-order valence-corrected chi connectivity index (χ2v) is 5.04. The maximum atomic E-state index is 12.1. The lowest BCUT2D eigenvalue weighted by molar-refractivity contribution is -0.141. The summed E-state index contributed by atoms with van der Waals surface area (Å²) in [4.78, 5) is 23.2. The topological polar surface area (TPSA) is 85.2 Å². The molecule has 21 heavy (non-hydrogen) atoms. The van der Waals surface area contributed by atoms with E-state index in [-0.39, 0.29) is 36.7 Å². The number of methoxy groups -OCH3 is 1. The van der Waals surface area contributed by atoms with Crippen LogP contribution in [-0.4, -0.2) is 41.4 Å². The van der Waals surface area contributed by atoms with Gasteiger partial charge in [0, 0.05) is 24.2 Å². The highest BCUT2D eigenvalue weighted by atomic mass is 35.5. The summed E-state index contributed by atoms with van der Waals surface area (Å²) in [5.74, 6) is 0.0851. The zero-order chi connectivity index (χ0) is 14.5. The third kappa shape index (κ3) is 5.02. The summed E-state index contributed by atoms with van der Waals surface area (Å²) in [5.41, 5.74) is 0. The van der Waals surface area contributed by atoms with Gasteiger partial charge < -0.3 is 15.4 Å². The second kappa shape index (κ2) is 7.99. The first-order chi connectivity index (χ1) is 9.58. The van der Waals surface area contributed by atoms with Crippen molar-refractivity contribution in [3.8, 4) is 0 Å². The maximum absolute atomic E-state index is 12.1. The molecule has 0 bridgehead atoms. The number of anilines is 1. The van der Waals surface area contributed by atoms with Crippen molar-refractivity contribution < 1.29 is 14.3 Å². The normalized spacial score (nSPS) is 21.2. The SMILES string of the molecule is COC(=O)Cn1ccc(NC(=O)[C@H]2CCN[C@@H](C)C2)n1.Cl. The minimum absolute atomic E-state index is 0. The third-order valence-electron chi connectivity index (χ3n) is 3.41. The van der Waals surface area contributed by atoms with Gasteiger partial charge in [0.05, 0.1) is 7.11 Å². The monoisotopic (exact) mass is 316 g/mol. The lowest BCUT2D eigenvalue weighted by atomic mass is 9.92. The first kappa shape index (κ1) is 17.5. The van der Waals surface area contributed by atoms with Crippen molar-refractivity contribution in [3.05, 3.63) is 12.3 Å². The molecule has 8 heteroatoms. The Hall–Kier alpha value is -1.60. The average Bonchev–Trinajstić information content (AvgIpc) is 2.85. The Bertz CT molecular complexity index is 492. The molecule has 2 rings (SSSR count). The van der Waals surface area contributed by atoms with Crippen LogP contribution in [0.2, 0.25) is 0 Å². The van der Waals surface area contributed by atoms with Crippen LogP contribution in [0, 0.1) is 5.92 Å². The summed E-state index contributed by atoms with van der Waals surface area (Å²) >= 11 is 0. The molecule has 1 aliphatic rings. The number of carbonyl (C=O) groups excluding carboxylic acids is 2. The summed E-state index contributed by atoms with van der Waals surface area (Å²) in [6, 6.07) is 2.03. The number of carbonyl (C=O) groups is 2. The van der Waals surface area contributed by atoms with Gasteiger partial charge in [0.2, 0.25) is 5.91 Å². The first-order valence-corrected chi connectivity index (χ1v) is 6.73. The first-order valence-electron chi connectivity index (χ1n) is 6.73. The number of rotatable bonds is 4. The summed E-state index contributed by atoms with van der Waals surface area (Å²) in [5, 5.41) is 10.2. The summed E-state index contributed by atoms with van der Waals surface area (Å²) in [6.07, 6.45) is 3.30. The van der Waals surface area contributed by atoms with Crippen LogP contribution in [-0.2, 0) is 20.9 Å². The molecule has 2 atom stereocenters. The van der Waals surface area contributed by atoms with Gasteiger partial charge in [-0.3, -0.25) is 14.3 Å². The van der Waals surface area contributed by atoms with E-state index in [1.54, 1.807) is 12.3 Å². The molecule has 0 saturated carbocycles. The Kier molecular flexibility index (Phi) is 6.64. The fourth-order valence-electron chi connectivity index (χ4n) is 2.31. The molecule has 0 unspecified atom stereocenters. The fraction of sp³-hybridized carbons (Fsp3) is 0.615. The molecule has 1 saturated heterocycles. The van der Waals surface area contributed by atoms with E-state index < -0.39 is 0 Å². The quantitative estimate of drug-likeness (QED) is 0.803. The number of nitrogens with zero attached hydrogens (tertiary/aromatic N) is 2. The molecule has 7 nitrogen and oxygen atoms in total. The molecule has 2 N–H and O–H groups in total. The molecule has 0 spiro atoms. The van der Waals surface area contributed by atoms with E-state index in [2.05, 4.69) is 27.4 Å². The molecule has 1 aromatic rings. The number of amides is 1. The smallest absolute Gasteiger partial charge is 0.327 e. The minimum atomic E-state index is -0.377. The molecular weight excluding hydrogens is 296 g/mol. The molecule has 2 heterocycles. The van der Waals surface area contributed by atoms with Crippen LogP contribution in [0.5, 0.6) is 0 Å². The average molecular weight is 317 g/mol. The standard InChI is InChI=1S/C13H20N4O3.ClH/c1-9-7-10(3-5-14-9)13(19)15-11-4-6-17(16-11)8-12(18)20-2;/h4,6,9-10,14H,3,5,7-8H2,1-2H3,(H,15,16,19);1H/t9-,10-;/m0./s1. The van der Waals surface area contributed by atoms with Crippen molar-refractivity contribution in [2.45, 2.75) is 32.4 Å². The molecule has 0 aromatic carbocycles. The third-order valence-corrected chi connectivity index (χ3v) is 3.41. The van der Waals surface area contributed by atoms with Crippen molar-refractivity contribution in [2.24, 2.45) is 5.92 Å². The number of aromatic nitrogens is 2. The Morgan fingerprint density at radius 1 is 1.57 bits per heavy atom. The fourth-order valence-corrected chi connectivity index (χ4v) is 2.31. The molecule has 1 amide bonds. The number of nitrogens with one attached hydrogen (secondary N) is 2. The van der Waals surface area contributed by atoms with Crippen molar-refractivity contribution in [2.75, 3.05) is 19.0 Å². The van der Waals surface area contributed by atoms with Crippen LogP contribution in [0.3, 0.4) is 0 Å². The Labute approximate surface area is 129 Å². The predicted molar refractivity (Wildman–Crippen MR) is 80.3 cm³/mol. The Morgan fingerprint density at radius 2 is 2.33 bits per heavy atom. The Balaban J connectivity index is 0.00000220. The number of esters is 1. The number of ether oxygens (including phenoxy) is 1. The van der Waals surface area contributed by atoms with Gasteiger partial charge in [-0.2, -0.15) is 5.10 Å². The highest BCUT2D eigenvalue weighted by Crippen LogP contribution is 2.18. The zero-order valence-corrected chi connectivity index (χ0v) is 13.0.